The summed E-state index contributed by atoms with van der Waals surface area (Å²) in [5, 5.41) is 2.76. The van der Waals surface area contributed by atoms with Crippen LogP contribution in [0, 0.1) is 0 Å². The minimum atomic E-state index is -4.31. The van der Waals surface area contributed by atoms with E-state index in [1.54, 1.807) is 18.2 Å². The number of amides is 1. The summed E-state index contributed by atoms with van der Waals surface area (Å²) >= 11 is 0. The zero-order valence-electron chi connectivity index (χ0n) is 15.2. The van der Waals surface area contributed by atoms with Crippen LogP contribution in [0.1, 0.15) is 41.8 Å². The van der Waals surface area contributed by atoms with E-state index in [4.69, 9.17) is 4.74 Å². The largest absolute Gasteiger partial charge is 0.488 e. The molecule has 144 valence electrons. The van der Waals surface area contributed by atoms with Gasteiger partial charge >= 0.3 is 6.18 Å². The molecule has 27 heavy (non-hydrogen) atoms. The van der Waals surface area contributed by atoms with E-state index < -0.39 is 12.6 Å². The smallest absolute Gasteiger partial charge is 0.392 e. The van der Waals surface area contributed by atoms with Crippen LogP contribution in [0.2, 0.25) is 0 Å². The molecule has 0 heterocycles. The summed E-state index contributed by atoms with van der Waals surface area (Å²) in [5.74, 6) is -0.00416. The van der Waals surface area contributed by atoms with Gasteiger partial charge in [-0.2, -0.15) is 13.2 Å². The number of ether oxygens (including phenoxy) is 1. The van der Waals surface area contributed by atoms with Gasteiger partial charge in [-0.15, -0.1) is 0 Å². The van der Waals surface area contributed by atoms with E-state index in [1.807, 2.05) is 44.2 Å². The number of halogens is 3. The first-order chi connectivity index (χ1) is 12.8. The highest BCUT2D eigenvalue weighted by atomic mass is 19.4. The van der Waals surface area contributed by atoms with Crippen molar-refractivity contribution in [2.45, 2.75) is 39.1 Å². The first-order valence-corrected chi connectivity index (χ1v) is 8.60. The van der Waals surface area contributed by atoms with Gasteiger partial charge in [0.1, 0.15) is 12.4 Å². The highest BCUT2D eigenvalue weighted by Crippen LogP contribution is 2.27. The highest BCUT2D eigenvalue weighted by molar-refractivity contribution is 5.98. The van der Waals surface area contributed by atoms with Crippen LogP contribution in [0.5, 0.6) is 5.75 Å². The van der Waals surface area contributed by atoms with Gasteiger partial charge < -0.3 is 10.1 Å². The van der Waals surface area contributed by atoms with Crippen LogP contribution >= 0.6 is 0 Å². The average molecular weight is 377 g/mol. The number of benzene rings is 2. The third-order valence-corrected chi connectivity index (χ3v) is 3.60. The molecule has 1 N–H and O–H groups in total. The van der Waals surface area contributed by atoms with Gasteiger partial charge in [0.15, 0.2) is 0 Å². The van der Waals surface area contributed by atoms with Gasteiger partial charge in [-0.3, -0.25) is 4.79 Å². The van der Waals surface area contributed by atoms with Gasteiger partial charge in [-0.1, -0.05) is 48.6 Å². The monoisotopic (exact) mass is 377 g/mol. The summed E-state index contributed by atoms with van der Waals surface area (Å²) in [4.78, 5) is 12.4. The molecule has 0 unspecified atom stereocenters. The summed E-state index contributed by atoms with van der Waals surface area (Å²) in [5.41, 5.74) is 1.52. The van der Waals surface area contributed by atoms with Crippen molar-refractivity contribution in [3.63, 3.8) is 0 Å². The lowest BCUT2D eigenvalue weighted by Crippen LogP contribution is -2.30. The van der Waals surface area contributed by atoms with Gasteiger partial charge in [0.25, 0.3) is 5.91 Å². The van der Waals surface area contributed by atoms with Gasteiger partial charge in [0.05, 0.1) is 12.0 Å². The summed E-state index contributed by atoms with van der Waals surface area (Å²) in [6.07, 6.45) is -3.10. The zero-order valence-corrected chi connectivity index (χ0v) is 15.2. The van der Waals surface area contributed by atoms with Crippen molar-refractivity contribution in [1.82, 2.24) is 5.32 Å². The van der Waals surface area contributed by atoms with E-state index >= 15 is 0 Å². The molecule has 0 fully saturated rings. The predicted octanol–water partition coefficient (Wildman–Crippen LogP) is 5.37. The van der Waals surface area contributed by atoms with Crippen LogP contribution in [0.3, 0.4) is 0 Å². The van der Waals surface area contributed by atoms with Crippen molar-refractivity contribution in [3.05, 3.63) is 71.3 Å². The number of nitrogens with one attached hydrogen (secondary N) is 1. The van der Waals surface area contributed by atoms with E-state index in [2.05, 4.69) is 5.32 Å². The first kappa shape index (κ1) is 20.6. The SMILES string of the molecule is CC(C)NC(=O)c1cccc(OCc2ccccc2)c1/C=C/CC(F)(F)F. The van der Waals surface area contributed by atoms with Crippen LogP contribution in [0.25, 0.3) is 6.08 Å². The molecule has 0 atom stereocenters. The molecule has 0 aliphatic rings. The van der Waals surface area contributed by atoms with Crippen LogP contribution < -0.4 is 10.1 Å². The normalized spacial score (nSPS) is 11.8. The second kappa shape index (κ2) is 9.26. The standard InChI is InChI=1S/C21H22F3NO2/c1-15(2)25-20(26)18-10-6-12-19(17(18)11-7-13-21(22,23)24)27-14-16-8-4-3-5-9-16/h3-12,15H,13-14H2,1-2H3,(H,25,26)/b11-7+. The maximum atomic E-state index is 12.5. The van der Waals surface area contributed by atoms with E-state index in [0.29, 0.717) is 11.3 Å². The minimum Gasteiger partial charge on any atom is -0.488 e. The molecular weight excluding hydrogens is 355 g/mol. The van der Waals surface area contributed by atoms with E-state index in [9.17, 15) is 18.0 Å². The number of hydrogen-bond acceptors (Lipinski definition) is 2. The third kappa shape index (κ3) is 6.81. The summed E-state index contributed by atoms with van der Waals surface area (Å²) in [7, 11) is 0. The quantitative estimate of drug-likeness (QED) is 0.704. The Hall–Kier alpha value is -2.76. The van der Waals surface area contributed by atoms with Gasteiger partial charge in [-0.05, 0) is 31.5 Å². The van der Waals surface area contributed by atoms with Crippen molar-refractivity contribution in [1.29, 1.82) is 0 Å². The van der Waals surface area contributed by atoms with Crippen molar-refractivity contribution < 1.29 is 22.7 Å². The van der Waals surface area contributed by atoms with Crippen LogP contribution in [-0.2, 0) is 6.61 Å². The molecule has 0 aliphatic carbocycles. The molecule has 2 aromatic rings. The first-order valence-electron chi connectivity index (χ1n) is 8.60. The maximum Gasteiger partial charge on any atom is 0.392 e. The number of rotatable bonds is 7. The molecule has 0 spiro atoms. The Labute approximate surface area is 156 Å². The molecule has 3 nitrogen and oxygen atoms in total. The lowest BCUT2D eigenvalue weighted by Gasteiger charge is -2.15. The van der Waals surface area contributed by atoms with E-state index in [1.165, 1.54) is 6.08 Å². The van der Waals surface area contributed by atoms with Crippen molar-refractivity contribution >= 4 is 12.0 Å². The van der Waals surface area contributed by atoms with E-state index in [0.717, 1.165) is 11.6 Å². The highest BCUT2D eigenvalue weighted by Gasteiger charge is 2.25. The molecule has 2 rings (SSSR count). The molecule has 0 aliphatic heterocycles. The fraction of sp³-hybridized carbons (Fsp3) is 0.286. The number of carbonyl (C=O) groups excluding carboxylic acids is 1. The molecule has 6 heteroatoms. The number of hydrogen-bond donors (Lipinski definition) is 1. The van der Waals surface area contributed by atoms with E-state index in [-0.39, 0.29) is 24.1 Å². The molecule has 0 saturated heterocycles. The Bertz CT molecular complexity index is 784. The summed E-state index contributed by atoms with van der Waals surface area (Å²) in [6, 6.07) is 14.2. The molecule has 0 radical (unpaired) electrons. The third-order valence-electron chi connectivity index (χ3n) is 3.60. The van der Waals surface area contributed by atoms with Crippen molar-refractivity contribution in [2.24, 2.45) is 0 Å². The average Bonchev–Trinajstić information content (AvgIpc) is 2.59. The Kier molecular flexibility index (Phi) is 7.05. The Morgan fingerprint density at radius 3 is 2.44 bits per heavy atom. The van der Waals surface area contributed by atoms with Crippen LogP contribution in [0.15, 0.2) is 54.6 Å². The Morgan fingerprint density at radius 2 is 1.81 bits per heavy atom. The molecule has 2 aromatic carbocycles. The second-order valence-corrected chi connectivity index (χ2v) is 6.34. The number of alkyl halides is 3. The lowest BCUT2D eigenvalue weighted by atomic mass is 10.0. The molecule has 0 bridgehead atoms. The Balaban J connectivity index is 2.31. The van der Waals surface area contributed by atoms with Gasteiger partial charge in [0.2, 0.25) is 0 Å². The van der Waals surface area contributed by atoms with Crippen LogP contribution in [0.4, 0.5) is 13.2 Å². The number of carbonyl (C=O) groups is 1. The number of allylic oxidation sites excluding steroid dienone is 1. The molecule has 0 saturated carbocycles. The molecule has 1 amide bonds. The summed E-state index contributed by atoms with van der Waals surface area (Å²) < 4.78 is 43.3. The fourth-order valence-corrected chi connectivity index (χ4v) is 2.43. The Morgan fingerprint density at radius 1 is 1.11 bits per heavy atom. The predicted molar refractivity (Wildman–Crippen MR) is 99.5 cm³/mol. The van der Waals surface area contributed by atoms with Crippen molar-refractivity contribution in [2.75, 3.05) is 0 Å². The van der Waals surface area contributed by atoms with Gasteiger partial charge in [-0.25, -0.2) is 0 Å². The topological polar surface area (TPSA) is 38.3 Å². The molecular formula is C21H22F3NO2. The lowest BCUT2D eigenvalue weighted by molar-refractivity contribution is -0.124. The summed E-state index contributed by atoms with van der Waals surface area (Å²) in [6.45, 7) is 3.87. The van der Waals surface area contributed by atoms with Crippen molar-refractivity contribution in [3.8, 4) is 5.75 Å². The zero-order chi connectivity index (χ0) is 19.9. The van der Waals surface area contributed by atoms with Crippen LogP contribution in [-0.4, -0.2) is 18.1 Å². The van der Waals surface area contributed by atoms with Gasteiger partial charge in [0, 0.05) is 11.6 Å². The minimum absolute atomic E-state index is 0.0987. The maximum absolute atomic E-state index is 12.5. The second-order valence-electron chi connectivity index (χ2n) is 6.34. The molecule has 0 aromatic heterocycles. The fourth-order valence-electron chi connectivity index (χ4n) is 2.43.